The van der Waals surface area contributed by atoms with E-state index in [0.717, 1.165) is 90.7 Å². The molecule has 4 rings (SSSR count). The standard InChI is InChI=1S/C30H41N9/c1-21-19-34-24(20-33-21)13-9-7-6-8-12-16-32-29-27-30(36-23(3)22(2)35-27)38-28(37-29)25-14-10-11-15-26(25)31-17-18-39(4)5/h10-11,14-15,19-20,31H,6-9,12-13,16-18H2,1-5H3,(H,32,36,37,38). The summed E-state index contributed by atoms with van der Waals surface area (Å²) >= 11 is 0. The van der Waals surface area contributed by atoms with Crippen molar-refractivity contribution in [1.82, 2.24) is 34.8 Å². The molecule has 4 aromatic rings. The van der Waals surface area contributed by atoms with E-state index in [1.807, 2.05) is 45.3 Å². The van der Waals surface area contributed by atoms with Crippen molar-refractivity contribution >= 4 is 22.7 Å². The summed E-state index contributed by atoms with van der Waals surface area (Å²) in [5.74, 6) is 1.39. The summed E-state index contributed by atoms with van der Waals surface area (Å²) in [7, 11) is 4.14. The molecular weight excluding hydrogens is 486 g/mol. The van der Waals surface area contributed by atoms with E-state index in [4.69, 9.17) is 19.9 Å². The number of likely N-dealkylation sites (N-methyl/N-ethyl adjacent to an activating group) is 1. The lowest BCUT2D eigenvalue weighted by molar-refractivity contribution is 0.425. The first kappa shape index (κ1) is 28.3. The lowest BCUT2D eigenvalue weighted by Gasteiger charge is -2.15. The topological polar surface area (TPSA) is 105 Å². The van der Waals surface area contributed by atoms with Crippen molar-refractivity contribution in [2.45, 2.75) is 59.3 Å². The fraction of sp³-hybridized carbons (Fsp3) is 0.467. The van der Waals surface area contributed by atoms with Crippen LogP contribution < -0.4 is 10.6 Å². The molecule has 2 N–H and O–H groups in total. The summed E-state index contributed by atoms with van der Waals surface area (Å²) in [5, 5.41) is 7.08. The summed E-state index contributed by atoms with van der Waals surface area (Å²) in [5.41, 5.74) is 7.13. The largest absolute Gasteiger partial charge is 0.383 e. The van der Waals surface area contributed by atoms with E-state index in [1.165, 1.54) is 12.8 Å². The molecule has 1 aromatic carbocycles. The van der Waals surface area contributed by atoms with Gasteiger partial charge in [-0.3, -0.25) is 9.97 Å². The minimum Gasteiger partial charge on any atom is -0.383 e. The third-order valence-electron chi connectivity index (χ3n) is 6.72. The molecule has 0 bridgehead atoms. The number of fused-ring (bicyclic) bond motifs is 1. The third kappa shape index (κ3) is 8.13. The Morgan fingerprint density at radius 3 is 2.31 bits per heavy atom. The molecule has 0 spiro atoms. The molecule has 9 nitrogen and oxygen atoms in total. The highest BCUT2D eigenvalue weighted by molar-refractivity contribution is 5.86. The van der Waals surface area contributed by atoms with Crippen LogP contribution >= 0.6 is 0 Å². The second kappa shape index (κ2) is 13.9. The molecule has 0 atom stereocenters. The minimum absolute atomic E-state index is 0.618. The normalized spacial score (nSPS) is 11.3. The predicted molar refractivity (Wildman–Crippen MR) is 159 cm³/mol. The van der Waals surface area contributed by atoms with Crippen LogP contribution in [0.25, 0.3) is 22.6 Å². The zero-order valence-electron chi connectivity index (χ0n) is 24.0. The first-order valence-corrected chi connectivity index (χ1v) is 13.9. The van der Waals surface area contributed by atoms with Gasteiger partial charge in [-0.15, -0.1) is 0 Å². The Morgan fingerprint density at radius 1 is 0.744 bits per heavy atom. The minimum atomic E-state index is 0.618. The quantitative estimate of drug-likeness (QED) is 0.209. The maximum atomic E-state index is 4.94. The highest BCUT2D eigenvalue weighted by Crippen LogP contribution is 2.29. The number of anilines is 2. The highest BCUT2D eigenvalue weighted by atomic mass is 15.1. The molecule has 0 aliphatic carbocycles. The zero-order chi connectivity index (χ0) is 27.6. The number of unbranched alkanes of at least 4 members (excludes halogenated alkanes) is 4. The molecule has 0 saturated carbocycles. The van der Waals surface area contributed by atoms with Gasteiger partial charge >= 0.3 is 0 Å². The monoisotopic (exact) mass is 527 g/mol. The van der Waals surface area contributed by atoms with Crippen LogP contribution in [0.3, 0.4) is 0 Å². The number of para-hydroxylation sites is 1. The molecule has 39 heavy (non-hydrogen) atoms. The number of aryl methyl sites for hydroxylation is 4. The molecule has 9 heteroatoms. The summed E-state index contributed by atoms with van der Waals surface area (Å²) < 4.78 is 0. The molecular formula is C30H41N9. The van der Waals surface area contributed by atoms with Gasteiger partial charge in [-0.25, -0.2) is 19.9 Å². The average Bonchev–Trinajstić information content (AvgIpc) is 2.92. The summed E-state index contributed by atoms with van der Waals surface area (Å²) in [6.45, 7) is 8.51. The maximum Gasteiger partial charge on any atom is 0.184 e. The van der Waals surface area contributed by atoms with E-state index < -0.39 is 0 Å². The number of aromatic nitrogens is 6. The Balaban J connectivity index is 1.40. The third-order valence-corrected chi connectivity index (χ3v) is 6.72. The lowest BCUT2D eigenvalue weighted by Crippen LogP contribution is -2.21. The fourth-order valence-corrected chi connectivity index (χ4v) is 4.32. The van der Waals surface area contributed by atoms with Gasteiger partial charge in [0.1, 0.15) is 0 Å². The summed E-state index contributed by atoms with van der Waals surface area (Å²) in [4.78, 5) is 30.3. The molecule has 0 aliphatic heterocycles. The van der Waals surface area contributed by atoms with Gasteiger partial charge in [-0.1, -0.05) is 31.4 Å². The molecule has 0 radical (unpaired) electrons. The predicted octanol–water partition coefficient (Wildman–Crippen LogP) is 5.38. The van der Waals surface area contributed by atoms with Crippen LogP contribution in [0.15, 0.2) is 36.7 Å². The van der Waals surface area contributed by atoms with Crippen LogP contribution in [0.1, 0.15) is 54.9 Å². The van der Waals surface area contributed by atoms with Gasteiger partial charge < -0.3 is 15.5 Å². The molecule has 0 amide bonds. The molecule has 3 heterocycles. The van der Waals surface area contributed by atoms with Crippen molar-refractivity contribution in [2.75, 3.05) is 44.4 Å². The smallest absolute Gasteiger partial charge is 0.184 e. The van der Waals surface area contributed by atoms with Crippen LogP contribution in [0.2, 0.25) is 0 Å². The zero-order valence-corrected chi connectivity index (χ0v) is 24.0. The molecule has 0 fully saturated rings. The maximum absolute atomic E-state index is 4.94. The number of rotatable bonds is 14. The number of hydrogen-bond donors (Lipinski definition) is 2. The van der Waals surface area contributed by atoms with Crippen LogP contribution in [0.5, 0.6) is 0 Å². The Labute approximate surface area is 232 Å². The number of nitrogens with zero attached hydrogens (tertiary/aromatic N) is 7. The molecule has 0 aliphatic rings. The first-order valence-electron chi connectivity index (χ1n) is 13.9. The van der Waals surface area contributed by atoms with Crippen molar-refractivity contribution < 1.29 is 0 Å². The second-order valence-corrected chi connectivity index (χ2v) is 10.3. The van der Waals surface area contributed by atoms with E-state index in [1.54, 1.807) is 0 Å². The molecule has 0 unspecified atom stereocenters. The fourth-order valence-electron chi connectivity index (χ4n) is 4.32. The van der Waals surface area contributed by atoms with E-state index >= 15 is 0 Å². The lowest BCUT2D eigenvalue weighted by atomic mass is 10.1. The van der Waals surface area contributed by atoms with Crippen LogP contribution in [-0.4, -0.2) is 68.5 Å². The Kier molecular flexibility index (Phi) is 10.1. The van der Waals surface area contributed by atoms with Crippen molar-refractivity contribution in [1.29, 1.82) is 0 Å². The number of nitrogens with one attached hydrogen (secondary N) is 2. The van der Waals surface area contributed by atoms with E-state index in [-0.39, 0.29) is 0 Å². The van der Waals surface area contributed by atoms with Gasteiger partial charge in [-0.2, -0.15) is 0 Å². The van der Waals surface area contributed by atoms with E-state index in [2.05, 4.69) is 51.7 Å². The SMILES string of the molecule is Cc1cnc(CCCCCCCNc2nc(-c3ccccc3NCCN(C)C)nc3nc(C)c(C)nc23)cn1. The van der Waals surface area contributed by atoms with Gasteiger partial charge in [0.05, 0.1) is 22.8 Å². The van der Waals surface area contributed by atoms with Crippen molar-refractivity contribution in [3.8, 4) is 11.4 Å². The molecule has 0 saturated heterocycles. The summed E-state index contributed by atoms with van der Waals surface area (Å²) in [6, 6.07) is 8.18. The Hall–Kier alpha value is -3.72. The van der Waals surface area contributed by atoms with Gasteiger partial charge in [0.15, 0.2) is 22.8 Å². The van der Waals surface area contributed by atoms with Crippen molar-refractivity contribution in [3.63, 3.8) is 0 Å². The van der Waals surface area contributed by atoms with Crippen molar-refractivity contribution in [2.24, 2.45) is 0 Å². The molecule has 3 aromatic heterocycles. The van der Waals surface area contributed by atoms with E-state index in [0.29, 0.717) is 11.5 Å². The second-order valence-electron chi connectivity index (χ2n) is 10.3. The summed E-state index contributed by atoms with van der Waals surface area (Å²) in [6.07, 6.45) is 10.5. The average molecular weight is 528 g/mol. The first-order chi connectivity index (χ1) is 18.9. The van der Waals surface area contributed by atoms with Crippen LogP contribution in [0.4, 0.5) is 11.5 Å². The van der Waals surface area contributed by atoms with Crippen molar-refractivity contribution in [3.05, 3.63) is 59.4 Å². The van der Waals surface area contributed by atoms with E-state index in [9.17, 15) is 0 Å². The van der Waals surface area contributed by atoms with Gasteiger partial charge in [0.25, 0.3) is 0 Å². The van der Waals surface area contributed by atoms with Crippen LogP contribution in [0, 0.1) is 20.8 Å². The molecule has 206 valence electrons. The number of hydrogen-bond acceptors (Lipinski definition) is 9. The van der Waals surface area contributed by atoms with Crippen LogP contribution in [-0.2, 0) is 6.42 Å². The number of benzene rings is 1. The van der Waals surface area contributed by atoms with Gasteiger partial charge in [0, 0.05) is 43.3 Å². The van der Waals surface area contributed by atoms with Gasteiger partial charge in [0.2, 0.25) is 0 Å². The Bertz CT molecular complexity index is 1350. The highest BCUT2D eigenvalue weighted by Gasteiger charge is 2.15. The van der Waals surface area contributed by atoms with Gasteiger partial charge in [-0.05, 0) is 66.3 Å². The Morgan fingerprint density at radius 2 is 1.51 bits per heavy atom.